The van der Waals surface area contributed by atoms with Gasteiger partial charge in [-0.25, -0.2) is 9.37 Å². The number of hydrogen-bond donors (Lipinski definition) is 2. The van der Waals surface area contributed by atoms with Crippen molar-refractivity contribution in [2.24, 2.45) is 5.73 Å². The molecular formula is C10H10FN3O2. The molecule has 0 amide bonds. The number of aromatic nitrogens is 2. The number of pyridine rings is 1. The van der Waals surface area contributed by atoms with Crippen LogP contribution in [0.25, 0.3) is 5.65 Å². The lowest BCUT2D eigenvalue weighted by atomic mass is 10.2. The Morgan fingerprint density at radius 1 is 1.69 bits per heavy atom. The van der Waals surface area contributed by atoms with E-state index in [0.29, 0.717) is 5.69 Å². The third-order valence-electron chi connectivity index (χ3n) is 2.23. The van der Waals surface area contributed by atoms with Crippen LogP contribution in [0.5, 0.6) is 0 Å². The highest BCUT2D eigenvalue weighted by Gasteiger charge is 2.15. The third-order valence-corrected chi connectivity index (χ3v) is 2.23. The number of rotatable bonds is 3. The highest BCUT2D eigenvalue weighted by atomic mass is 19.1. The molecule has 0 aromatic carbocycles. The van der Waals surface area contributed by atoms with Crippen LogP contribution in [0.2, 0.25) is 0 Å². The predicted octanol–water partition coefficient (Wildman–Crippen LogP) is 0.428. The summed E-state index contributed by atoms with van der Waals surface area (Å²) in [6, 6.07) is 1.82. The first-order chi connectivity index (χ1) is 7.58. The highest BCUT2D eigenvalue weighted by molar-refractivity contribution is 5.73. The molecule has 1 unspecified atom stereocenters. The molecule has 0 bridgehead atoms. The Morgan fingerprint density at radius 3 is 3.06 bits per heavy atom. The summed E-state index contributed by atoms with van der Waals surface area (Å²) in [6.07, 6.45) is 3.29. The second-order valence-corrected chi connectivity index (χ2v) is 3.47. The Bertz CT molecular complexity index is 538. The molecule has 3 N–H and O–H groups in total. The lowest BCUT2D eigenvalue weighted by Crippen LogP contribution is -2.32. The van der Waals surface area contributed by atoms with E-state index in [1.165, 1.54) is 10.5 Å². The van der Waals surface area contributed by atoms with Crippen molar-refractivity contribution in [3.05, 3.63) is 36.0 Å². The molecule has 0 saturated carbocycles. The summed E-state index contributed by atoms with van der Waals surface area (Å²) in [5.74, 6) is -1.55. The van der Waals surface area contributed by atoms with Crippen molar-refractivity contribution in [3.8, 4) is 0 Å². The molecule has 1 atom stereocenters. The smallest absolute Gasteiger partial charge is 0.320 e. The van der Waals surface area contributed by atoms with Crippen LogP contribution in [0.4, 0.5) is 4.39 Å². The van der Waals surface area contributed by atoms with Gasteiger partial charge in [-0.05, 0) is 12.1 Å². The lowest BCUT2D eigenvalue weighted by Gasteiger charge is -2.01. The van der Waals surface area contributed by atoms with Crippen molar-refractivity contribution in [2.45, 2.75) is 12.5 Å². The average molecular weight is 223 g/mol. The summed E-state index contributed by atoms with van der Waals surface area (Å²) in [5, 5.41) is 8.64. The molecule has 0 aliphatic heterocycles. The van der Waals surface area contributed by atoms with Crippen LogP contribution in [0.15, 0.2) is 24.5 Å². The van der Waals surface area contributed by atoms with Gasteiger partial charge in [0, 0.05) is 18.8 Å². The minimum Gasteiger partial charge on any atom is -0.480 e. The Balaban J connectivity index is 2.33. The maximum Gasteiger partial charge on any atom is 0.320 e. The number of carbonyl (C=O) groups is 1. The maximum atomic E-state index is 13.3. The Labute approximate surface area is 90.3 Å². The predicted molar refractivity (Wildman–Crippen MR) is 54.5 cm³/mol. The first-order valence-electron chi connectivity index (χ1n) is 4.68. The van der Waals surface area contributed by atoms with Crippen molar-refractivity contribution >= 4 is 11.6 Å². The zero-order valence-electron chi connectivity index (χ0n) is 8.30. The van der Waals surface area contributed by atoms with Gasteiger partial charge in [0.2, 0.25) is 0 Å². The Hall–Kier alpha value is -1.95. The molecule has 6 heteroatoms. The van der Waals surface area contributed by atoms with Crippen molar-refractivity contribution in [1.82, 2.24) is 9.38 Å². The average Bonchev–Trinajstić information content (AvgIpc) is 2.61. The number of halogens is 1. The zero-order valence-corrected chi connectivity index (χ0v) is 8.30. The Morgan fingerprint density at radius 2 is 2.44 bits per heavy atom. The molecule has 2 aromatic heterocycles. The second kappa shape index (κ2) is 3.90. The molecule has 5 nitrogen and oxygen atoms in total. The molecule has 2 rings (SSSR count). The Kier molecular flexibility index (Phi) is 2.57. The topological polar surface area (TPSA) is 80.6 Å². The zero-order chi connectivity index (χ0) is 11.7. The van der Waals surface area contributed by atoms with Crippen LogP contribution < -0.4 is 5.73 Å². The fourth-order valence-corrected chi connectivity index (χ4v) is 1.44. The number of carboxylic acid groups (broad SMARTS) is 1. The maximum absolute atomic E-state index is 13.3. The molecule has 0 aliphatic carbocycles. The molecule has 0 spiro atoms. The number of aliphatic carboxylic acids is 1. The first-order valence-corrected chi connectivity index (χ1v) is 4.68. The van der Waals surface area contributed by atoms with Crippen molar-refractivity contribution in [1.29, 1.82) is 0 Å². The summed E-state index contributed by atoms with van der Waals surface area (Å²) in [5.41, 5.74) is 6.00. The van der Waals surface area contributed by atoms with Crippen molar-refractivity contribution in [2.75, 3.05) is 0 Å². The SMILES string of the molecule is NC(Cc1cn2cccc(F)c2n1)C(=O)O. The third kappa shape index (κ3) is 1.87. The van der Waals surface area contributed by atoms with E-state index in [0.717, 1.165) is 0 Å². The first kappa shape index (κ1) is 10.6. The number of fused-ring (bicyclic) bond motifs is 1. The molecule has 0 fully saturated rings. The van der Waals surface area contributed by atoms with Gasteiger partial charge in [0.1, 0.15) is 6.04 Å². The lowest BCUT2D eigenvalue weighted by molar-refractivity contribution is -0.138. The number of nitrogens with two attached hydrogens (primary N) is 1. The highest BCUT2D eigenvalue weighted by Crippen LogP contribution is 2.10. The normalized spacial score (nSPS) is 12.9. The van der Waals surface area contributed by atoms with Gasteiger partial charge >= 0.3 is 5.97 Å². The number of nitrogens with zero attached hydrogens (tertiary/aromatic N) is 2. The molecule has 0 saturated heterocycles. The van der Waals surface area contributed by atoms with Crippen LogP contribution in [-0.2, 0) is 11.2 Å². The van der Waals surface area contributed by atoms with Gasteiger partial charge < -0.3 is 15.2 Å². The largest absolute Gasteiger partial charge is 0.480 e. The van der Waals surface area contributed by atoms with E-state index in [2.05, 4.69) is 4.98 Å². The van der Waals surface area contributed by atoms with E-state index >= 15 is 0 Å². The number of hydrogen-bond acceptors (Lipinski definition) is 3. The van der Waals surface area contributed by atoms with Gasteiger partial charge in [0.15, 0.2) is 11.5 Å². The van der Waals surface area contributed by atoms with Gasteiger partial charge in [-0.1, -0.05) is 0 Å². The van der Waals surface area contributed by atoms with Gasteiger partial charge in [0.05, 0.1) is 5.69 Å². The summed E-state index contributed by atoms with van der Waals surface area (Å²) in [6.45, 7) is 0. The van der Waals surface area contributed by atoms with Gasteiger partial charge in [-0.15, -0.1) is 0 Å². The van der Waals surface area contributed by atoms with Crippen LogP contribution in [0.1, 0.15) is 5.69 Å². The summed E-state index contributed by atoms with van der Waals surface area (Å²) >= 11 is 0. The fraction of sp³-hybridized carbons (Fsp3) is 0.200. The van der Waals surface area contributed by atoms with E-state index in [1.807, 2.05) is 0 Å². The van der Waals surface area contributed by atoms with E-state index in [-0.39, 0.29) is 12.1 Å². The monoisotopic (exact) mass is 223 g/mol. The second-order valence-electron chi connectivity index (χ2n) is 3.47. The van der Waals surface area contributed by atoms with Crippen molar-refractivity contribution in [3.63, 3.8) is 0 Å². The molecule has 84 valence electrons. The summed E-state index contributed by atoms with van der Waals surface area (Å²) < 4.78 is 14.8. The quantitative estimate of drug-likeness (QED) is 0.790. The van der Waals surface area contributed by atoms with Crippen molar-refractivity contribution < 1.29 is 14.3 Å². The van der Waals surface area contributed by atoms with E-state index in [4.69, 9.17) is 10.8 Å². The van der Waals surface area contributed by atoms with Gasteiger partial charge in [-0.2, -0.15) is 0 Å². The molecule has 0 radical (unpaired) electrons. The van der Waals surface area contributed by atoms with E-state index in [1.54, 1.807) is 18.5 Å². The molecule has 2 heterocycles. The number of imidazole rings is 1. The van der Waals surface area contributed by atoms with Crippen LogP contribution in [0.3, 0.4) is 0 Å². The molecule has 16 heavy (non-hydrogen) atoms. The summed E-state index contributed by atoms with van der Waals surface area (Å²) in [7, 11) is 0. The molecular weight excluding hydrogens is 213 g/mol. The van der Waals surface area contributed by atoms with Crippen LogP contribution in [-0.4, -0.2) is 26.5 Å². The standard InChI is InChI=1S/C10H10FN3O2/c11-7-2-1-3-14-5-6(13-9(7)14)4-8(12)10(15)16/h1-3,5,8H,4,12H2,(H,15,16). The van der Waals surface area contributed by atoms with Crippen LogP contribution in [0, 0.1) is 5.82 Å². The minimum atomic E-state index is -1.10. The van der Waals surface area contributed by atoms with E-state index in [9.17, 15) is 9.18 Å². The number of carboxylic acids is 1. The van der Waals surface area contributed by atoms with Gasteiger partial charge in [-0.3, -0.25) is 4.79 Å². The molecule has 2 aromatic rings. The fourth-order valence-electron chi connectivity index (χ4n) is 1.44. The summed E-state index contributed by atoms with van der Waals surface area (Å²) in [4.78, 5) is 14.5. The van der Waals surface area contributed by atoms with Crippen LogP contribution >= 0.6 is 0 Å². The minimum absolute atomic E-state index is 0.0798. The van der Waals surface area contributed by atoms with E-state index < -0.39 is 17.8 Å². The van der Waals surface area contributed by atoms with Gasteiger partial charge in [0.25, 0.3) is 0 Å². The molecule has 0 aliphatic rings.